The minimum absolute atomic E-state index is 0.235. The summed E-state index contributed by atoms with van der Waals surface area (Å²) in [6.45, 7) is 3.61. The van der Waals surface area contributed by atoms with Crippen molar-refractivity contribution in [1.82, 2.24) is 10.1 Å². The number of hydrogen-bond acceptors (Lipinski definition) is 6. The molecule has 2 heterocycles. The highest BCUT2D eigenvalue weighted by atomic mass is 32.2. The van der Waals surface area contributed by atoms with Crippen LogP contribution in [0.15, 0.2) is 44.4 Å². The van der Waals surface area contributed by atoms with Crippen LogP contribution in [0.2, 0.25) is 0 Å². The maximum atomic E-state index is 12.8. The van der Waals surface area contributed by atoms with Gasteiger partial charge in [-0.3, -0.25) is 4.31 Å². The average Bonchev–Trinajstić information content (AvgIpc) is 3.15. The van der Waals surface area contributed by atoms with Gasteiger partial charge in [-0.2, -0.15) is 4.98 Å². The Balaban J connectivity index is 1.95. The highest BCUT2D eigenvalue weighted by Gasteiger charge is 2.24. The predicted molar refractivity (Wildman–Crippen MR) is 89.1 cm³/mol. The SMILES string of the molecule is Cc1cccc(N(C)S(=O)(=O)c2cc(-c3noc(C)n3)cs2)c1. The molecule has 3 aromatic rings. The summed E-state index contributed by atoms with van der Waals surface area (Å²) in [5.41, 5.74) is 2.25. The highest BCUT2D eigenvalue weighted by molar-refractivity contribution is 7.94. The molecule has 0 unspecified atom stereocenters. The Hall–Kier alpha value is -2.19. The Morgan fingerprint density at radius 2 is 2.00 bits per heavy atom. The Morgan fingerprint density at radius 3 is 2.65 bits per heavy atom. The van der Waals surface area contributed by atoms with E-state index in [4.69, 9.17) is 4.52 Å². The first-order chi connectivity index (χ1) is 10.9. The van der Waals surface area contributed by atoms with Crippen LogP contribution in [0.4, 0.5) is 5.69 Å². The standard InChI is InChI=1S/C15H15N3O3S2/c1-10-5-4-6-13(7-10)18(3)23(19,20)14-8-12(9-22-14)15-16-11(2)21-17-15/h4-9H,1-3H3. The van der Waals surface area contributed by atoms with E-state index < -0.39 is 10.0 Å². The first kappa shape index (κ1) is 15.7. The number of anilines is 1. The normalized spacial score (nSPS) is 11.6. The number of aryl methyl sites for hydroxylation is 2. The Morgan fingerprint density at radius 1 is 1.22 bits per heavy atom. The molecule has 3 rings (SSSR count). The van der Waals surface area contributed by atoms with E-state index in [1.54, 1.807) is 31.5 Å². The molecule has 0 spiro atoms. The Kier molecular flexibility index (Phi) is 3.95. The summed E-state index contributed by atoms with van der Waals surface area (Å²) in [5, 5.41) is 5.52. The van der Waals surface area contributed by atoms with E-state index in [2.05, 4.69) is 10.1 Å². The van der Waals surface area contributed by atoms with E-state index in [9.17, 15) is 8.42 Å². The molecule has 0 bridgehead atoms. The topological polar surface area (TPSA) is 76.3 Å². The van der Waals surface area contributed by atoms with Crippen LogP contribution in [0.25, 0.3) is 11.4 Å². The molecule has 0 aliphatic rings. The molecule has 0 N–H and O–H groups in total. The molecular formula is C15H15N3O3S2. The summed E-state index contributed by atoms with van der Waals surface area (Å²) in [4.78, 5) is 4.11. The molecule has 0 amide bonds. The second kappa shape index (κ2) is 5.78. The molecule has 0 saturated heterocycles. The summed E-state index contributed by atoms with van der Waals surface area (Å²) in [5.74, 6) is 0.825. The van der Waals surface area contributed by atoms with Crippen LogP contribution in [-0.2, 0) is 10.0 Å². The van der Waals surface area contributed by atoms with Gasteiger partial charge in [-0.05, 0) is 30.7 Å². The first-order valence-corrected chi connectivity index (χ1v) is 9.15. The third-order valence-corrected chi connectivity index (χ3v) is 6.54. The Labute approximate surface area is 138 Å². The number of hydrogen-bond donors (Lipinski definition) is 0. The lowest BCUT2D eigenvalue weighted by atomic mass is 10.2. The monoisotopic (exact) mass is 349 g/mol. The second-order valence-electron chi connectivity index (χ2n) is 5.10. The molecule has 2 aromatic heterocycles. The zero-order chi connectivity index (χ0) is 16.6. The number of aromatic nitrogens is 2. The van der Waals surface area contributed by atoms with E-state index in [1.807, 2.05) is 25.1 Å². The summed E-state index contributed by atoms with van der Waals surface area (Å²) in [7, 11) is -2.08. The van der Waals surface area contributed by atoms with Crippen molar-refractivity contribution in [2.45, 2.75) is 18.1 Å². The van der Waals surface area contributed by atoms with E-state index in [1.165, 1.54) is 4.31 Å². The van der Waals surface area contributed by atoms with Crippen LogP contribution in [0.1, 0.15) is 11.5 Å². The Bertz CT molecular complexity index is 944. The lowest BCUT2D eigenvalue weighted by Crippen LogP contribution is -2.25. The summed E-state index contributed by atoms with van der Waals surface area (Å²) in [6, 6.07) is 8.91. The quantitative estimate of drug-likeness (QED) is 0.723. The van der Waals surface area contributed by atoms with Crippen molar-refractivity contribution in [3.8, 4) is 11.4 Å². The smallest absolute Gasteiger partial charge is 0.273 e. The van der Waals surface area contributed by atoms with Gasteiger partial charge in [0.1, 0.15) is 4.21 Å². The van der Waals surface area contributed by atoms with Crippen molar-refractivity contribution in [2.75, 3.05) is 11.4 Å². The molecule has 0 saturated carbocycles. The van der Waals surface area contributed by atoms with Crippen LogP contribution >= 0.6 is 11.3 Å². The largest absolute Gasteiger partial charge is 0.339 e. The number of rotatable bonds is 4. The lowest BCUT2D eigenvalue weighted by molar-refractivity contribution is 0.394. The number of nitrogens with zero attached hydrogens (tertiary/aromatic N) is 3. The third kappa shape index (κ3) is 2.99. The van der Waals surface area contributed by atoms with Crippen LogP contribution in [0, 0.1) is 13.8 Å². The first-order valence-electron chi connectivity index (χ1n) is 6.83. The zero-order valence-electron chi connectivity index (χ0n) is 12.8. The molecule has 6 nitrogen and oxygen atoms in total. The molecule has 0 aliphatic carbocycles. The fourth-order valence-corrected chi connectivity index (χ4v) is 4.60. The average molecular weight is 349 g/mol. The molecule has 0 radical (unpaired) electrons. The molecule has 0 aliphatic heterocycles. The molecule has 0 atom stereocenters. The van der Waals surface area contributed by atoms with Crippen molar-refractivity contribution in [3.63, 3.8) is 0 Å². The summed E-state index contributed by atoms with van der Waals surface area (Å²) < 4.78 is 32.0. The third-order valence-electron chi connectivity index (χ3n) is 3.34. The van der Waals surface area contributed by atoms with Gasteiger partial charge in [0.25, 0.3) is 10.0 Å². The van der Waals surface area contributed by atoms with Crippen molar-refractivity contribution < 1.29 is 12.9 Å². The number of sulfonamides is 1. The molecular weight excluding hydrogens is 334 g/mol. The van der Waals surface area contributed by atoms with Gasteiger partial charge < -0.3 is 4.52 Å². The van der Waals surface area contributed by atoms with E-state index in [-0.39, 0.29) is 4.21 Å². The van der Waals surface area contributed by atoms with E-state index in [0.717, 1.165) is 16.9 Å². The van der Waals surface area contributed by atoms with Crippen LogP contribution in [0.5, 0.6) is 0 Å². The van der Waals surface area contributed by atoms with Crippen molar-refractivity contribution in [3.05, 3.63) is 47.2 Å². The molecule has 0 fully saturated rings. The van der Waals surface area contributed by atoms with Gasteiger partial charge in [0.15, 0.2) is 0 Å². The molecule has 8 heteroatoms. The minimum atomic E-state index is -3.62. The van der Waals surface area contributed by atoms with Crippen molar-refractivity contribution >= 4 is 27.0 Å². The van der Waals surface area contributed by atoms with Gasteiger partial charge in [-0.1, -0.05) is 17.3 Å². The number of thiophene rings is 1. The second-order valence-corrected chi connectivity index (χ2v) is 8.21. The van der Waals surface area contributed by atoms with Crippen LogP contribution in [0.3, 0.4) is 0 Å². The van der Waals surface area contributed by atoms with Crippen LogP contribution in [-0.4, -0.2) is 25.6 Å². The fourth-order valence-electron chi connectivity index (χ4n) is 2.08. The maximum absolute atomic E-state index is 12.8. The molecule has 120 valence electrons. The van der Waals surface area contributed by atoms with Gasteiger partial charge in [0.05, 0.1) is 5.69 Å². The zero-order valence-corrected chi connectivity index (χ0v) is 14.5. The number of benzene rings is 1. The fraction of sp³-hybridized carbons (Fsp3) is 0.200. The van der Waals surface area contributed by atoms with Gasteiger partial charge in [0.2, 0.25) is 11.7 Å². The molecule has 1 aromatic carbocycles. The minimum Gasteiger partial charge on any atom is -0.339 e. The summed E-state index contributed by atoms with van der Waals surface area (Å²) in [6.07, 6.45) is 0. The van der Waals surface area contributed by atoms with Gasteiger partial charge in [0, 0.05) is 24.9 Å². The van der Waals surface area contributed by atoms with E-state index in [0.29, 0.717) is 23.0 Å². The van der Waals surface area contributed by atoms with Crippen molar-refractivity contribution in [2.24, 2.45) is 0 Å². The maximum Gasteiger partial charge on any atom is 0.273 e. The van der Waals surface area contributed by atoms with Gasteiger partial charge >= 0.3 is 0 Å². The van der Waals surface area contributed by atoms with Gasteiger partial charge in [-0.25, -0.2) is 8.42 Å². The van der Waals surface area contributed by atoms with Gasteiger partial charge in [-0.15, -0.1) is 11.3 Å². The van der Waals surface area contributed by atoms with E-state index >= 15 is 0 Å². The lowest BCUT2D eigenvalue weighted by Gasteiger charge is -2.18. The van der Waals surface area contributed by atoms with Crippen molar-refractivity contribution in [1.29, 1.82) is 0 Å². The summed E-state index contributed by atoms with van der Waals surface area (Å²) >= 11 is 1.14. The highest BCUT2D eigenvalue weighted by Crippen LogP contribution is 2.30. The molecule has 23 heavy (non-hydrogen) atoms. The van der Waals surface area contributed by atoms with Crippen LogP contribution < -0.4 is 4.31 Å². The predicted octanol–water partition coefficient (Wildman–Crippen LogP) is 3.24.